The molecule has 1 atom stereocenters. The number of aliphatic carboxylic acids is 1. The van der Waals surface area contributed by atoms with Crippen LogP contribution in [0, 0.1) is 17.1 Å². The van der Waals surface area contributed by atoms with Crippen molar-refractivity contribution in [3.05, 3.63) is 34.6 Å². The normalized spacial score (nSPS) is 13.8. The number of carboxylic acids is 1. The van der Waals surface area contributed by atoms with Gasteiger partial charge in [0.05, 0.1) is 11.5 Å². The summed E-state index contributed by atoms with van der Waals surface area (Å²) in [7, 11) is 0. The van der Waals surface area contributed by atoms with E-state index in [1.54, 1.807) is 0 Å². The molecule has 0 heterocycles. The molecule has 0 spiro atoms. The maximum atomic E-state index is 13.7. The van der Waals surface area contributed by atoms with Gasteiger partial charge < -0.3 is 5.11 Å². The van der Waals surface area contributed by atoms with E-state index in [1.165, 1.54) is 19.1 Å². The van der Waals surface area contributed by atoms with Crippen molar-refractivity contribution < 1.29 is 14.3 Å². The first-order valence-corrected chi connectivity index (χ1v) is 5.35. The lowest BCUT2D eigenvalue weighted by molar-refractivity contribution is -0.143. The minimum atomic E-state index is -1.41. The smallest absolute Gasteiger partial charge is 0.313 e. The van der Waals surface area contributed by atoms with E-state index in [9.17, 15) is 14.3 Å². The first kappa shape index (κ1) is 13.5. The van der Waals surface area contributed by atoms with Gasteiger partial charge in [0.25, 0.3) is 0 Å². The van der Waals surface area contributed by atoms with Gasteiger partial charge in [-0.1, -0.05) is 17.7 Å². The zero-order chi connectivity index (χ0) is 13.1. The second kappa shape index (κ2) is 5.15. The lowest BCUT2D eigenvalue weighted by Crippen LogP contribution is -2.33. The number of rotatable bonds is 4. The van der Waals surface area contributed by atoms with Crippen LogP contribution in [0.5, 0.6) is 0 Å². The molecule has 1 rings (SSSR count). The van der Waals surface area contributed by atoms with Crippen LogP contribution in [0.25, 0.3) is 0 Å². The Balaban J connectivity index is 3.23. The lowest BCUT2D eigenvalue weighted by Gasteiger charge is -2.24. The Morgan fingerprint density at radius 3 is 2.76 bits per heavy atom. The predicted octanol–water partition coefficient (Wildman–Crippen LogP) is 3.13. The van der Waals surface area contributed by atoms with Crippen molar-refractivity contribution in [1.82, 2.24) is 0 Å². The zero-order valence-corrected chi connectivity index (χ0v) is 9.96. The highest BCUT2D eigenvalue weighted by atomic mass is 35.5. The quantitative estimate of drug-likeness (QED) is 0.899. The third-order valence-corrected chi connectivity index (χ3v) is 2.97. The first-order chi connectivity index (χ1) is 7.91. The van der Waals surface area contributed by atoms with E-state index in [0.717, 1.165) is 6.07 Å². The number of carboxylic acid groups (broad SMARTS) is 1. The summed E-state index contributed by atoms with van der Waals surface area (Å²) in [4.78, 5) is 11.3. The second-order valence-corrected chi connectivity index (χ2v) is 4.36. The van der Waals surface area contributed by atoms with Gasteiger partial charge in [-0.15, -0.1) is 0 Å². The molecule has 0 fully saturated rings. The molecule has 0 saturated heterocycles. The van der Waals surface area contributed by atoms with E-state index in [2.05, 4.69) is 0 Å². The molecule has 1 aromatic rings. The van der Waals surface area contributed by atoms with Gasteiger partial charge in [-0.05, 0) is 25.5 Å². The molecule has 0 amide bonds. The number of nitriles is 1. The first-order valence-electron chi connectivity index (χ1n) is 4.97. The fraction of sp³-hybridized carbons (Fsp3) is 0.333. The molecular weight excluding hydrogens is 245 g/mol. The standard InChI is InChI=1S/C12H11ClFNO2/c1-12(11(16)17,5-2-6-15)9-4-3-8(13)7-10(9)14/h3-4,7H,2,5H2,1H3,(H,16,17). The Labute approximate surface area is 103 Å². The fourth-order valence-electron chi connectivity index (χ4n) is 1.60. The van der Waals surface area contributed by atoms with Crippen LogP contribution in [-0.2, 0) is 10.2 Å². The average Bonchev–Trinajstić information content (AvgIpc) is 2.25. The Kier molecular flexibility index (Phi) is 4.08. The number of hydrogen-bond donors (Lipinski definition) is 1. The van der Waals surface area contributed by atoms with Crippen molar-refractivity contribution >= 4 is 17.6 Å². The van der Waals surface area contributed by atoms with E-state index in [0.29, 0.717) is 0 Å². The summed E-state index contributed by atoms with van der Waals surface area (Å²) >= 11 is 5.61. The Morgan fingerprint density at radius 1 is 1.65 bits per heavy atom. The van der Waals surface area contributed by atoms with Crippen molar-refractivity contribution in [1.29, 1.82) is 5.26 Å². The summed E-state index contributed by atoms with van der Waals surface area (Å²) in [5.41, 5.74) is -1.37. The molecule has 0 aliphatic carbocycles. The van der Waals surface area contributed by atoms with Crippen molar-refractivity contribution in [3.8, 4) is 6.07 Å². The Hall–Kier alpha value is -1.60. The molecule has 0 aromatic heterocycles. The minimum absolute atomic E-state index is 0.0460. The summed E-state index contributed by atoms with van der Waals surface area (Å²) in [6, 6.07) is 5.73. The van der Waals surface area contributed by atoms with Crippen LogP contribution in [0.4, 0.5) is 4.39 Å². The summed E-state index contributed by atoms with van der Waals surface area (Å²) in [5, 5.41) is 17.9. The van der Waals surface area contributed by atoms with Crippen LogP contribution < -0.4 is 0 Å². The molecule has 0 saturated carbocycles. The summed E-state index contributed by atoms with van der Waals surface area (Å²) in [6.45, 7) is 1.40. The van der Waals surface area contributed by atoms with Crippen LogP contribution >= 0.6 is 11.6 Å². The van der Waals surface area contributed by atoms with Gasteiger partial charge in [0.1, 0.15) is 5.82 Å². The van der Waals surface area contributed by atoms with Crippen molar-refractivity contribution in [2.75, 3.05) is 0 Å². The van der Waals surface area contributed by atoms with E-state index < -0.39 is 17.2 Å². The maximum absolute atomic E-state index is 13.7. The highest BCUT2D eigenvalue weighted by Crippen LogP contribution is 2.32. The second-order valence-electron chi connectivity index (χ2n) is 3.92. The number of benzene rings is 1. The molecule has 17 heavy (non-hydrogen) atoms. The molecule has 5 heteroatoms. The van der Waals surface area contributed by atoms with E-state index in [4.69, 9.17) is 16.9 Å². The van der Waals surface area contributed by atoms with Crippen molar-refractivity contribution in [2.45, 2.75) is 25.2 Å². The summed E-state index contributed by atoms with van der Waals surface area (Å²) in [5.74, 6) is -1.82. The van der Waals surface area contributed by atoms with Crippen LogP contribution in [0.15, 0.2) is 18.2 Å². The van der Waals surface area contributed by atoms with Gasteiger partial charge in [-0.3, -0.25) is 4.79 Å². The van der Waals surface area contributed by atoms with Gasteiger partial charge in [0.15, 0.2) is 0 Å². The topological polar surface area (TPSA) is 61.1 Å². The van der Waals surface area contributed by atoms with Crippen LogP contribution in [0.2, 0.25) is 5.02 Å². The Morgan fingerprint density at radius 2 is 2.29 bits per heavy atom. The minimum Gasteiger partial charge on any atom is -0.481 e. The van der Waals surface area contributed by atoms with Gasteiger partial charge in [0.2, 0.25) is 0 Å². The third kappa shape index (κ3) is 2.75. The molecule has 3 nitrogen and oxygen atoms in total. The van der Waals surface area contributed by atoms with Gasteiger partial charge >= 0.3 is 5.97 Å². The van der Waals surface area contributed by atoms with E-state index in [-0.39, 0.29) is 23.4 Å². The van der Waals surface area contributed by atoms with Crippen molar-refractivity contribution in [2.24, 2.45) is 0 Å². The highest BCUT2D eigenvalue weighted by molar-refractivity contribution is 6.30. The molecule has 90 valence electrons. The van der Waals surface area contributed by atoms with E-state index >= 15 is 0 Å². The molecule has 1 unspecified atom stereocenters. The molecule has 1 aromatic carbocycles. The number of nitrogens with zero attached hydrogens (tertiary/aromatic N) is 1. The fourth-order valence-corrected chi connectivity index (χ4v) is 1.76. The zero-order valence-electron chi connectivity index (χ0n) is 9.20. The summed E-state index contributed by atoms with van der Waals surface area (Å²) < 4.78 is 13.7. The van der Waals surface area contributed by atoms with E-state index in [1.807, 2.05) is 6.07 Å². The van der Waals surface area contributed by atoms with Gasteiger partial charge in [-0.25, -0.2) is 4.39 Å². The molecule has 0 aliphatic heterocycles. The molecule has 0 bridgehead atoms. The lowest BCUT2D eigenvalue weighted by atomic mass is 9.78. The third-order valence-electron chi connectivity index (χ3n) is 2.73. The summed E-state index contributed by atoms with van der Waals surface area (Å²) in [6.07, 6.45) is 0.0995. The number of halogens is 2. The average molecular weight is 256 g/mol. The van der Waals surface area contributed by atoms with Crippen molar-refractivity contribution in [3.63, 3.8) is 0 Å². The molecular formula is C12H11ClFNO2. The molecule has 1 N–H and O–H groups in total. The number of hydrogen-bond acceptors (Lipinski definition) is 2. The SMILES string of the molecule is CC(CCC#N)(C(=O)O)c1ccc(Cl)cc1F. The number of carbonyl (C=O) groups is 1. The largest absolute Gasteiger partial charge is 0.481 e. The van der Waals surface area contributed by atoms with Gasteiger partial charge in [0, 0.05) is 17.0 Å². The van der Waals surface area contributed by atoms with Crippen LogP contribution in [0.3, 0.4) is 0 Å². The van der Waals surface area contributed by atoms with Crippen LogP contribution in [0.1, 0.15) is 25.3 Å². The maximum Gasteiger partial charge on any atom is 0.313 e. The highest BCUT2D eigenvalue weighted by Gasteiger charge is 2.37. The Bertz CT molecular complexity index is 484. The molecule has 0 aliphatic rings. The monoisotopic (exact) mass is 255 g/mol. The molecule has 0 radical (unpaired) electrons. The predicted molar refractivity (Wildman–Crippen MR) is 61.2 cm³/mol. The van der Waals surface area contributed by atoms with Gasteiger partial charge in [-0.2, -0.15) is 5.26 Å². The van der Waals surface area contributed by atoms with Crippen LogP contribution in [-0.4, -0.2) is 11.1 Å².